The number of hydrogen-bond acceptors (Lipinski definition) is 6. The number of piperidine rings is 1. The van der Waals surface area contributed by atoms with E-state index in [9.17, 15) is 14.0 Å². The number of halogens is 3. The van der Waals surface area contributed by atoms with E-state index in [0.29, 0.717) is 38.6 Å². The second-order valence-electron chi connectivity index (χ2n) is 12.7. The first-order valence-electron chi connectivity index (χ1n) is 16.0. The molecule has 5 rings (SSSR count). The van der Waals surface area contributed by atoms with Crippen LogP contribution in [0.2, 0.25) is 0 Å². The Morgan fingerprint density at radius 1 is 0.891 bits per heavy atom. The maximum atomic E-state index is 13.3. The van der Waals surface area contributed by atoms with Crippen LogP contribution in [0.15, 0.2) is 66.7 Å². The van der Waals surface area contributed by atoms with Crippen LogP contribution in [-0.2, 0) is 34.6 Å². The summed E-state index contributed by atoms with van der Waals surface area (Å²) in [6, 6.07) is 20.8. The third kappa shape index (κ3) is 9.77. The first-order valence-corrected chi connectivity index (χ1v) is 16.0. The molecule has 46 heavy (non-hydrogen) atoms. The topological polar surface area (TPSA) is 59.1 Å². The number of ether oxygens (including phenoxy) is 2. The highest BCUT2D eigenvalue weighted by atomic mass is 35.5. The van der Waals surface area contributed by atoms with Crippen molar-refractivity contribution in [3.8, 4) is 5.75 Å². The van der Waals surface area contributed by atoms with E-state index in [-0.39, 0.29) is 42.4 Å². The van der Waals surface area contributed by atoms with E-state index in [1.807, 2.05) is 63.2 Å². The lowest BCUT2D eigenvalue weighted by molar-refractivity contribution is -0.148. The van der Waals surface area contributed by atoms with Gasteiger partial charge in [0.1, 0.15) is 18.2 Å². The fourth-order valence-electron chi connectivity index (χ4n) is 6.23. The lowest BCUT2D eigenvalue weighted by Gasteiger charge is -2.32. The van der Waals surface area contributed by atoms with Crippen LogP contribution in [0.5, 0.6) is 5.75 Å². The zero-order chi connectivity index (χ0) is 31.1. The van der Waals surface area contributed by atoms with Gasteiger partial charge in [0.05, 0.1) is 12.0 Å². The van der Waals surface area contributed by atoms with Crippen LogP contribution in [-0.4, -0.2) is 54.4 Å². The minimum absolute atomic E-state index is 0. The van der Waals surface area contributed by atoms with Crippen LogP contribution in [0.1, 0.15) is 79.1 Å². The van der Waals surface area contributed by atoms with Gasteiger partial charge in [-0.15, -0.1) is 24.8 Å². The fourth-order valence-corrected chi connectivity index (χ4v) is 6.23. The van der Waals surface area contributed by atoms with Crippen LogP contribution in [0.25, 0.3) is 0 Å². The SMILES string of the molecule is CCOC(=O)C(C)(C)c1ccc(CN2CCC(CCC(=O)c3ccc4c(c3)CN(Cc3ccc(F)cc3)CCO4)CC2)cc1.Cl.Cl. The molecule has 0 radical (unpaired) electrons. The summed E-state index contributed by atoms with van der Waals surface area (Å²) in [6.07, 6.45) is 3.66. The molecule has 0 amide bonds. The molecule has 2 aliphatic heterocycles. The number of ketones is 1. The van der Waals surface area contributed by atoms with Crippen molar-refractivity contribution in [3.63, 3.8) is 0 Å². The average molecular weight is 674 g/mol. The summed E-state index contributed by atoms with van der Waals surface area (Å²) in [7, 11) is 0. The first-order chi connectivity index (χ1) is 21.2. The lowest BCUT2D eigenvalue weighted by atomic mass is 9.84. The summed E-state index contributed by atoms with van der Waals surface area (Å²) in [5.74, 6) is 1.16. The minimum atomic E-state index is -0.665. The number of Topliss-reactive ketones (excluding diaryl/α,β-unsaturated/α-hetero) is 1. The van der Waals surface area contributed by atoms with Crippen molar-refractivity contribution < 1.29 is 23.5 Å². The molecule has 2 heterocycles. The van der Waals surface area contributed by atoms with Crippen molar-refractivity contribution in [2.24, 2.45) is 5.92 Å². The van der Waals surface area contributed by atoms with Gasteiger partial charge in [-0.25, -0.2) is 4.39 Å². The van der Waals surface area contributed by atoms with E-state index in [1.54, 1.807) is 0 Å². The molecule has 1 saturated heterocycles. The van der Waals surface area contributed by atoms with Gasteiger partial charge in [-0.05, 0) is 106 Å². The van der Waals surface area contributed by atoms with Gasteiger partial charge in [0.25, 0.3) is 0 Å². The quantitative estimate of drug-likeness (QED) is 0.153. The molecule has 3 aromatic carbocycles. The monoisotopic (exact) mass is 672 g/mol. The van der Waals surface area contributed by atoms with Crippen LogP contribution >= 0.6 is 24.8 Å². The Kier molecular flexibility index (Phi) is 14.1. The van der Waals surface area contributed by atoms with Crippen LogP contribution < -0.4 is 4.74 Å². The van der Waals surface area contributed by atoms with E-state index >= 15 is 0 Å². The number of rotatable bonds is 11. The summed E-state index contributed by atoms with van der Waals surface area (Å²) in [6.45, 7) is 11.7. The van der Waals surface area contributed by atoms with Crippen molar-refractivity contribution in [1.29, 1.82) is 0 Å². The van der Waals surface area contributed by atoms with Gasteiger partial charge in [0.2, 0.25) is 0 Å². The fraction of sp³-hybridized carbons (Fsp3) is 0.459. The summed E-state index contributed by atoms with van der Waals surface area (Å²) in [5, 5.41) is 0. The number of carbonyl (C=O) groups is 2. The number of hydrogen-bond donors (Lipinski definition) is 0. The molecule has 0 N–H and O–H groups in total. The molecule has 250 valence electrons. The molecule has 3 aromatic rings. The third-order valence-electron chi connectivity index (χ3n) is 9.12. The van der Waals surface area contributed by atoms with Gasteiger partial charge >= 0.3 is 5.97 Å². The largest absolute Gasteiger partial charge is 0.492 e. The Balaban J connectivity index is 0.00000288. The Bertz CT molecular complexity index is 1420. The molecule has 0 bridgehead atoms. The minimum Gasteiger partial charge on any atom is -0.492 e. The highest BCUT2D eigenvalue weighted by Crippen LogP contribution is 2.29. The van der Waals surface area contributed by atoms with Crippen LogP contribution in [0.3, 0.4) is 0 Å². The summed E-state index contributed by atoms with van der Waals surface area (Å²) < 4.78 is 24.6. The smallest absolute Gasteiger partial charge is 0.315 e. The van der Waals surface area contributed by atoms with E-state index in [4.69, 9.17) is 9.47 Å². The van der Waals surface area contributed by atoms with Crippen molar-refractivity contribution in [2.45, 2.75) is 71.5 Å². The Morgan fingerprint density at radius 3 is 2.17 bits per heavy atom. The summed E-state index contributed by atoms with van der Waals surface area (Å²) in [4.78, 5) is 30.3. The molecule has 0 atom stereocenters. The summed E-state index contributed by atoms with van der Waals surface area (Å²) in [5.41, 5.74) is 4.38. The van der Waals surface area contributed by atoms with Gasteiger partial charge in [0, 0.05) is 43.7 Å². The summed E-state index contributed by atoms with van der Waals surface area (Å²) >= 11 is 0. The molecule has 1 fully saturated rings. The normalized spacial score (nSPS) is 15.8. The molecule has 0 aromatic heterocycles. The number of benzene rings is 3. The van der Waals surface area contributed by atoms with E-state index in [0.717, 1.165) is 73.4 Å². The number of carbonyl (C=O) groups excluding carboxylic acids is 2. The third-order valence-corrected chi connectivity index (χ3v) is 9.12. The van der Waals surface area contributed by atoms with Crippen LogP contribution in [0.4, 0.5) is 4.39 Å². The molecular weight excluding hydrogens is 626 g/mol. The van der Waals surface area contributed by atoms with Gasteiger partial charge in [-0.2, -0.15) is 0 Å². The molecular formula is C37H47Cl2FN2O4. The molecule has 0 saturated carbocycles. The van der Waals surface area contributed by atoms with E-state index < -0.39 is 5.41 Å². The Morgan fingerprint density at radius 2 is 1.52 bits per heavy atom. The van der Waals surface area contributed by atoms with E-state index in [2.05, 4.69) is 21.9 Å². The lowest BCUT2D eigenvalue weighted by Crippen LogP contribution is -2.33. The number of esters is 1. The van der Waals surface area contributed by atoms with Crippen molar-refractivity contribution in [2.75, 3.05) is 32.8 Å². The highest BCUT2D eigenvalue weighted by Gasteiger charge is 2.31. The standard InChI is InChI=1S/C37H45FN2O4.2ClH/c1-4-43-36(42)37(2,3)32-11-5-28(6-12-32)24-39-19-17-27(18-20-39)9-15-34(41)30-10-16-35-31(23-30)26-40(21-22-44-35)25-29-7-13-33(38)14-8-29;;/h5-8,10-14,16,23,27H,4,9,15,17-22,24-26H2,1-3H3;2*1H. The molecule has 2 aliphatic rings. The van der Waals surface area contributed by atoms with Gasteiger partial charge in [-0.1, -0.05) is 36.4 Å². The second-order valence-corrected chi connectivity index (χ2v) is 12.7. The van der Waals surface area contributed by atoms with Crippen molar-refractivity contribution in [1.82, 2.24) is 9.80 Å². The van der Waals surface area contributed by atoms with Gasteiger partial charge in [0.15, 0.2) is 5.78 Å². The highest BCUT2D eigenvalue weighted by molar-refractivity contribution is 5.96. The molecule has 6 nitrogen and oxygen atoms in total. The molecule has 0 spiro atoms. The average Bonchev–Trinajstić information content (AvgIpc) is 3.23. The Hall–Kier alpha value is -2.97. The predicted octanol–water partition coefficient (Wildman–Crippen LogP) is 7.78. The zero-order valence-corrected chi connectivity index (χ0v) is 28.8. The number of fused-ring (bicyclic) bond motifs is 1. The molecule has 0 aliphatic carbocycles. The number of likely N-dealkylation sites (tertiary alicyclic amines) is 1. The van der Waals surface area contributed by atoms with Gasteiger partial charge < -0.3 is 9.47 Å². The maximum absolute atomic E-state index is 13.3. The maximum Gasteiger partial charge on any atom is 0.315 e. The first kappa shape index (κ1) is 37.5. The van der Waals surface area contributed by atoms with E-state index in [1.165, 1.54) is 17.7 Å². The second kappa shape index (κ2) is 17.3. The molecule has 9 heteroatoms. The van der Waals surface area contributed by atoms with Gasteiger partial charge in [-0.3, -0.25) is 19.4 Å². The van der Waals surface area contributed by atoms with Crippen LogP contribution in [0, 0.1) is 11.7 Å². The zero-order valence-electron chi connectivity index (χ0n) is 27.1. The molecule has 0 unspecified atom stereocenters. The Labute approximate surface area is 285 Å². The predicted molar refractivity (Wildman–Crippen MR) is 185 cm³/mol. The number of nitrogens with zero attached hydrogens (tertiary/aromatic N) is 2. The van der Waals surface area contributed by atoms with Crippen molar-refractivity contribution >= 4 is 36.6 Å². The van der Waals surface area contributed by atoms with Crippen molar-refractivity contribution in [3.05, 3.63) is 100 Å².